The maximum Gasteiger partial charge on any atom is 0.170 e. The zero-order chi connectivity index (χ0) is 14.6. The standard InChI is InChI=1S/C16H21I2NO/c1-2-5-16(6-7-19-11-16)15(20)12-3-4-13(9-17)14(8-12)10-18/h3-4,8,19H,2,5-7,9-11H2,1H3/t16-/m0/s1. The summed E-state index contributed by atoms with van der Waals surface area (Å²) in [5, 5.41) is 3.38. The number of benzene rings is 1. The Balaban J connectivity index is 2.32. The molecular formula is C16H21I2NO. The van der Waals surface area contributed by atoms with Crippen LogP contribution in [-0.4, -0.2) is 18.9 Å². The molecule has 0 aromatic heterocycles. The van der Waals surface area contributed by atoms with Crippen LogP contribution in [0.2, 0.25) is 0 Å². The lowest BCUT2D eigenvalue weighted by Crippen LogP contribution is -2.33. The molecule has 0 radical (unpaired) electrons. The predicted octanol–water partition coefficient (Wildman–Crippen LogP) is 4.52. The average molecular weight is 497 g/mol. The molecule has 0 aliphatic carbocycles. The highest BCUT2D eigenvalue weighted by molar-refractivity contribution is 14.1. The van der Waals surface area contributed by atoms with Gasteiger partial charge in [-0.1, -0.05) is 70.7 Å². The molecule has 1 aliphatic heterocycles. The summed E-state index contributed by atoms with van der Waals surface area (Å²) in [5.41, 5.74) is 3.40. The minimum Gasteiger partial charge on any atom is -0.316 e. The minimum atomic E-state index is -0.164. The van der Waals surface area contributed by atoms with E-state index in [-0.39, 0.29) is 5.41 Å². The number of rotatable bonds is 6. The molecule has 1 atom stereocenters. The van der Waals surface area contributed by atoms with E-state index in [1.54, 1.807) is 0 Å². The highest BCUT2D eigenvalue weighted by Crippen LogP contribution is 2.35. The zero-order valence-corrected chi connectivity index (χ0v) is 16.2. The van der Waals surface area contributed by atoms with Crippen molar-refractivity contribution in [3.05, 3.63) is 34.9 Å². The molecule has 0 unspecified atom stereocenters. The topological polar surface area (TPSA) is 29.1 Å². The maximum atomic E-state index is 13.0. The Labute approximate surface area is 148 Å². The van der Waals surface area contributed by atoms with Crippen molar-refractivity contribution in [2.24, 2.45) is 5.41 Å². The summed E-state index contributed by atoms with van der Waals surface area (Å²) >= 11 is 4.77. The SMILES string of the molecule is CCC[C@]1(C(=O)c2ccc(CI)c(CI)c2)CCNC1. The van der Waals surface area contributed by atoms with Gasteiger partial charge < -0.3 is 5.32 Å². The summed E-state index contributed by atoms with van der Waals surface area (Å²) in [5.74, 6) is 0.343. The Morgan fingerprint density at radius 2 is 2.05 bits per heavy atom. The molecular weight excluding hydrogens is 476 g/mol. The molecule has 0 bridgehead atoms. The van der Waals surface area contributed by atoms with E-state index < -0.39 is 0 Å². The third-order valence-corrected chi connectivity index (χ3v) is 5.85. The van der Waals surface area contributed by atoms with E-state index in [2.05, 4.69) is 69.6 Å². The number of nitrogens with one attached hydrogen (secondary N) is 1. The van der Waals surface area contributed by atoms with Crippen LogP contribution in [-0.2, 0) is 8.86 Å². The van der Waals surface area contributed by atoms with Crippen molar-refractivity contribution in [1.29, 1.82) is 0 Å². The molecule has 1 fully saturated rings. The van der Waals surface area contributed by atoms with Gasteiger partial charge in [-0.05, 0) is 36.6 Å². The first kappa shape index (κ1) is 16.7. The van der Waals surface area contributed by atoms with Crippen molar-refractivity contribution < 1.29 is 4.79 Å². The van der Waals surface area contributed by atoms with Gasteiger partial charge in [0.15, 0.2) is 5.78 Å². The number of carbonyl (C=O) groups excluding carboxylic acids is 1. The first-order valence-corrected chi connectivity index (χ1v) is 10.2. The summed E-state index contributed by atoms with van der Waals surface area (Å²) in [4.78, 5) is 13.0. The number of ketones is 1. The molecule has 20 heavy (non-hydrogen) atoms. The van der Waals surface area contributed by atoms with Gasteiger partial charge in [0.1, 0.15) is 0 Å². The lowest BCUT2D eigenvalue weighted by molar-refractivity contribution is 0.0801. The van der Waals surface area contributed by atoms with Crippen molar-refractivity contribution in [2.45, 2.75) is 35.0 Å². The molecule has 1 aliphatic rings. The molecule has 0 amide bonds. The molecule has 1 N–H and O–H groups in total. The van der Waals surface area contributed by atoms with E-state index in [0.717, 1.165) is 46.8 Å². The van der Waals surface area contributed by atoms with Crippen molar-refractivity contribution >= 4 is 51.0 Å². The van der Waals surface area contributed by atoms with Crippen LogP contribution >= 0.6 is 45.2 Å². The van der Waals surface area contributed by atoms with Crippen LogP contribution in [0.15, 0.2) is 18.2 Å². The number of hydrogen-bond donors (Lipinski definition) is 1. The number of carbonyl (C=O) groups is 1. The Morgan fingerprint density at radius 1 is 1.30 bits per heavy atom. The summed E-state index contributed by atoms with van der Waals surface area (Å²) in [6, 6.07) is 6.29. The van der Waals surface area contributed by atoms with Crippen molar-refractivity contribution in [3.63, 3.8) is 0 Å². The number of Topliss-reactive ketones (excluding diaryl/α,β-unsaturated/α-hetero) is 1. The average Bonchev–Trinajstić information content (AvgIpc) is 2.96. The molecule has 1 heterocycles. The number of hydrogen-bond acceptors (Lipinski definition) is 2. The summed E-state index contributed by atoms with van der Waals surface area (Å²) in [6.45, 7) is 3.98. The fraction of sp³-hybridized carbons (Fsp3) is 0.562. The van der Waals surface area contributed by atoms with E-state index in [4.69, 9.17) is 0 Å². The van der Waals surface area contributed by atoms with Gasteiger partial charge in [-0.3, -0.25) is 4.79 Å². The smallest absolute Gasteiger partial charge is 0.170 e. The van der Waals surface area contributed by atoms with Crippen LogP contribution < -0.4 is 5.32 Å². The van der Waals surface area contributed by atoms with E-state index in [1.165, 1.54) is 11.1 Å². The van der Waals surface area contributed by atoms with Gasteiger partial charge in [0.05, 0.1) is 0 Å². The fourth-order valence-electron chi connectivity index (χ4n) is 3.07. The molecule has 2 nitrogen and oxygen atoms in total. The van der Waals surface area contributed by atoms with Gasteiger partial charge in [-0.2, -0.15) is 0 Å². The first-order valence-electron chi connectivity index (χ1n) is 7.16. The molecule has 1 aromatic rings. The second kappa shape index (κ2) is 7.54. The Bertz CT molecular complexity index is 481. The maximum absolute atomic E-state index is 13.0. The summed E-state index contributed by atoms with van der Waals surface area (Å²) in [6.07, 6.45) is 3.04. The lowest BCUT2D eigenvalue weighted by atomic mass is 9.76. The van der Waals surface area contributed by atoms with Crippen LogP contribution in [0.4, 0.5) is 0 Å². The zero-order valence-electron chi connectivity index (χ0n) is 11.8. The Kier molecular flexibility index (Phi) is 6.28. The Morgan fingerprint density at radius 3 is 2.60 bits per heavy atom. The largest absolute Gasteiger partial charge is 0.316 e. The molecule has 0 spiro atoms. The second-order valence-electron chi connectivity index (χ2n) is 5.54. The third kappa shape index (κ3) is 3.38. The van der Waals surface area contributed by atoms with Crippen LogP contribution in [0.3, 0.4) is 0 Å². The van der Waals surface area contributed by atoms with Crippen LogP contribution in [0.5, 0.6) is 0 Å². The van der Waals surface area contributed by atoms with Gasteiger partial charge in [0.25, 0.3) is 0 Å². The molecule has 0 saturated carbocycles. The van der Waals surface area contributed by atoms with Crippen molar-refractivity contribution in [1.82, 2.24) is 5.32 Å². The van der Waals surface area contributed by atoms with Gasteiger partial charge in [0.2, 0.25) is 0 Å². The molecule has 4 heteroatoms. The Hall–Kier alpha value is 0.310. The highest BCUT2D eigenvalue weighted by Gasteiger charge is 2.40. The van der Waals surface area contributed by atoms with E-state index in [1.807, 2.05) is 6.07 Å². The monoisotopic (exact) mass is 497 g/mol. The van der Waals surface area contributed by atoms with E-state index in [9.17, 15) is 4.79 Å². The van der Waals surface area contributed by atoms with Crippen molar-refractivity contribution in [3.8, 4) is 0 Å². The number of halogens is 2. The van der Waals surface area contributed by atoms with Crippen molar-refractivity contribution in [2.75, 3.05) is 13.1 Å². The molecule has 1 saturated heterocycles. The van der Waals surface area contributed by atoms with Crippen LogP contribution in [0.25, 0.3) is 0 Å². The third-order valence-electron chi connectivity index (χ3n) is 4.21. The highest BCUT2D eigenvalue weighted by atomic mass is 127. The van der Waals surface area contributed by atoms with E-state index >= 15 is 0 Å². The molecule has 2 rings (SSSR count). The fourth-order valence-corrected chi connectivity index (χ4v) is 4.53. The molecule has 1 aromatic carbocycles. The normalized spacial score (nSPS) is 22.1. The number of alkyl halides is 2. The van der Waals surface area contributed by atoms with Gasteiger partial charge in [0, 0.05) is 26.4 Å². The second-order valence-corrected chi connectivity index (χ2v) is 7.06. The van der Waals surface area contributed by atoms with E-state index in [0.29, 0.717) is 5.78 Å². The summed E-state index contributed by atoms with van der Waals surface area (Å²) in [7, 11) is 0. The van der Waals surface area contributed by atoms with Crippen LogP contribution in [0.1, 0.15) is 47.7 Å². The molecule has 110 valence electrons. The van der Waals surface area contributed by atoms with Gasteiger partial charge in [-0.25, -0.2) is 0 Å². The van der Waals surface area contributed by atoms with Gasteiger partial charge in [-0.15, -0.1) is 0 Å². The van der Waals surface area contributed by atoms with Gasteiger partial charge >= 0.3 is 0 Å². The quantitative estimate of drug-likeness (QED) is 0.356. The van der Waals surface area contributed by atoms with Crippen LogP contribution in [0, 0.1) is 5.41 Å². The summed E-state index contributed by atoms with van der Waals surface area (Å²) < 4.78 is 1.97. The first-order chi connectivity index (χ1) is 9.66. The minimum absolute atomic E-state index is 0.164. The predicted molar refractivity (Wildman–Crippen MR) is 101 cm³/mol. The lowest BCUT2D eigenvalue weighted by Gasteiger charge is -2.26.